The number of unbranched alkanes of at least 4 members (excludes halogenated alkanes) is 20. The predicted molar refractivity (Wildman–Crippen MR) is 194 cm³/mol. The molecule has 0 aliphatic heterocycles. The van der Waals surface area contributed by atoms with Crippen LogP contribution < -0.4 is 0 Å². The van der Waals surface area contributed by atoms with Gasteiger partial charge in [0.2, 0.25) is 0 Å². The SMILES string of the molecule is CCCCCCC(CCCCCCCCCCC(=O)O)OC(=O)CCC(=O)O[C@H](CCCCCC)CCCCCCCCCCC(=O)O. The monoisotopic (exact) mass is 683 g/mol. The van der Waals surface area contributed by atoms with Gasteiger partial charge in [-0.3, -0.25) is 19.2 Å². The quantitative estimate of drug-likeness (QED) is 0.0489. The first-order chi connectivity index (χ1) is 23.3. The number of carboxylic acids is 2. The highest BCUT2D eigenvalue weighted by molar-refractivity contribution is 5.77. The van der Waals surface area contributed by atoms with Gasteiger partial charge in [-0.1, -0.05) is 129 Å². The Kier molecular flexibility index (Phi) is 33.2. The highest BCUT2D eigenvalue weighted by atomic mass is 16.6. The maximum absolute atomic E-state index is 12.8. The molecule has 0 amide bonds. The molecular weight excluding hydrogens is 608 g/mol. The lowest BCUT2D eigenvalue weighted by Gasteiger charge is -2.19. The summed E-state index contributed by atoms with van der Waals surface area (Å²) in [4.78, 5) is 46.8. The summed E-state index contributed by atoms with van der Waals surface area (Å²) in [7, 11) is 0. The molecule has 8 heteroatoms. The highest BCUT2D eigenvalue weighted by Gasteiger charge is 2.19. The Morgan fingerprint density at radius 2 is 0.625 bits per heavy atom. The molecule has 2 N–H and O–H groups in total. The molecular formula is C40H74O8. The van der Waals surface area contributed by atoms with Crippen LogP contribution in [-0.2, 0) is 28.7 Å². The van der Waals surface area contributed by atoms with Crippen LogP contribution in [0.2, 0.25) is 0 Å². The average Bonchev–Trinajstić information content (AvgIpc) is 3.05. The Morgan fingerprint density at radius 1 is 0.375 bits per heavy atom. The van der Waals surface area contributed by atoms with Crippen molar-refractivity contribution in [2.45, 2.75) is 232 Å². The van der Waals surface area contributed by atoms with Gasteiger partial charge in [0.15, 0.2) is 0 Å². The third-order valence-electron chi connectivity index (χ3n) is 9.22. The average molecular weight is 683 g/mol. The fourth-order valence-electron chi connectivity index (χ4n) is 6.23. The summed E-state index contributed by atoms with van der Waals surface area (Å²) < 4.78 is 11.8. The van der Waals surface area contributed by atoms with Crippen LogP contribution in [0.5, 0.6) is 0 Å². The lowest BCUT2D eigenvalue weighted by Crippen LogP contribution is -2.21. The number of hydrogen-bond donors (Lipinski definition) is 2. The summed E-state index contributed by atoms with van der Waals surface area (Å²) in [6.07, 6.45) is 30.0. The number of carbonyl (C=O) groups excluding carboxylic acids is 2. The molecule has 0 aliphatic rings. The van der Waals surface area contributed by atoms with Crippen LogP contribution in [0.3, 0.4) is 0 Å². The van der Waals surface area contributed by atoms with Crippen LogP contribution in [-0.4, -0.2) is 46.3 Å². The van der Waals surface area contributed by atoms with E-state index in [2.05, 4.69) is 13.8 Å². The van der Waals surface area contributed by atoms with Crippen molar-refractivity contribution < 1.29 is 38.9 Å². The summed E-state index contributed by atoms with van der Waals surface area (Å²) in [6, 6.07) is 0. The van der Waals surface area contributed by atoms with E-state index in [0.29, 0.717) is 0 Å². The van der Waals surface area contributed by atoms with Gasteiger partial charge >= 0.3 is 23.9 Å². The van der Waals surface area contributed by atoms with Gasteiger partial charge in [0.1, 0.15) is 12.2 Å². The van der Waals surface area contributed by atoms with Crippen molar-refractivity contribution in [3.63, 3.8) is 0 Å². The number of aliphatic carboxylic acids is 2. The molecule has 0 heterocycles. The van der Waals surface area contributed by atoms with Gasteiger partial charge in [0.05, 0.1) is 12.8 Å². The molecule has 8 nitrogen and oxygen atoms in total. The first-order valence-corrected chi connectivity index (χ1v) is 20.1. The molecule has 0 aromatic heterocycles. The Morgan fingerprint density at radius 3 is 0.896 bits per heavy atom. The van der Waals surface area contributed by atoms with Gasteiger partial charge in [0.25, 0.3) is 0 Å². The number of hydrogen-bond acceptors (Lipinski definition) is 6. The first-order valence-electron chi connectivity index (χ1n) is 20.1. The lowest BCUT2D eigenvalue weighted by atomic mass is 10.0. The molecule has 0 radical (unpaired) electrons. The van der Waals surface area contributed by atoms with E-state index >= 15 is 0 Å². The number of carbonyl (C=O) groups is 4. The second-order valence-electron chi connectivity index (χ2n) is 13.9. The second kappa shape index (κ2) is 34.7. The van der Waals surface area contributed by atoms with Gasteiger partial charge in [-0.2, -0.15) is 0 Å². The smallest absolute Gasteiger partial charge is 0.306 e. The maximum Gasteiger partial charge on any atom is 0.306 e. The van der Waals surface area contributed by atoms with Crippen LogP contribution in [0.25, 0.3) is 0 Å². The van der Waals surface area contributed by atoms with Gasteiger partial charge in [-0.25, -0.2) is 0 Å². The van der Waals surface area contributed by atoms with Crippen LogP contribution >= 0.6 is 0 Å². The van der Waals surface area contributed by atoms with Crippen molar-refractivity contribution >= 4 is 23.9 Å². The normalized spacial score (nSPS) is 12.5. The zero-order valence-electron chi connectivity index (χ0n) is 31.1. The summed E-state index contributed by atoms with van der Waals surface area (Å²) in [5.74, 6) is -2.01. The van der Waals surface area contributed by atoms with Crippen molar-refractivity contribution in [2.24, 2.45) is 0 Å². The number of esters is 2. The van der Waals surface area contributed by atoms with E-state index in [0.717, 1.165) is 154 Å². The van der Waals surface area contributed by atoms with Crippen molar-refractivity contribution in [1.82, 2.24) is 0 Å². The Bertz CT molecular complexity index is 719. The zero-order chi connectivity index (χ0) is 35.5. The first kappa shape index (κ1) is 45.9. The molecule has 0 spiro atoms. The van der Waals surface area contributed by atoms with Crippen LogP contribution in [0.4, 0.5) is 0 Å². The Balaban J connectivity index is 4.45. The van der Waals surface area contributed by atoms with E-state index in [-0.39, 0.29) is 49.8 Å². The molecule has 0 rings (SSSR count). The van der Waals surface area contributed by atoms with Gasteiger partial charge in [0, 0.05) is 12.8 Å². The molecule has 0 aromatic rings. The van der Waals surface area contributed by atoms with E-state index in [1.54, 1.807) is 0 Å². The van der Waals surface area contributed by atoms with E-state index in [4.69, 9.17) is 19.7 Å². The molecule has 0 aliphatic carbocycles. The maximum atomic E-state index is 12.8. The minimum atomic E-state index is -0.712. The number of carboxylic acid groups (broad SMARTS) is 2. The largest absolute Gasteiger partial charge is 0.481 e. The number of ether oxygens (including phenoxy) is 2. The van der Waals surface area contributed by atoms with E-state index < -0.39 is 11.9 Å². The molecule has 1 unspecified atom stereocenters. The molecule has 0 bridgehead atoms. The molecule has 0 fully saturated rings. The summed E-state index contributed by atoms with van der Waals surface area (Å²) in [6.45, 7) is 4.38. The van der Waals surface area contributed by atoms with E-state index in [1.165, 1.54) is 25.7 Å². The second-order valence-corrected chi connectivity index (χ2v) is 13.9. The van der Waals surface area contributed by atoms with Crippen molar-refractivity contribution in [3.8, 4) is 0 Å². The summed E-state index contributed by atoms with van der Waals surface area (Å²) in [5, 5.41) is 17.5. The van der Waals surface area contributed by atoms with E-state index in [9.17, 15) is 19.2 Å². The molecule has 48 heavy (non-hydrogen) atoms. The third-order valence-corrected chi connectivity index (χ3v) is 9.22. The zero-order valence-corrected chi connectivity index (χ0v) is 31.1. The summed E-state index contributed by atoms with van der Waals surface area (Å²) >= 11 is 0. The fraction of sp³-hybridized carbons (Fsp3) is 0.900. The Hall–Kier alpha value is -2.12. The van der Waals surface area contributed by atoms with Crippen molar-refractivity contribution in [1.29, 1.82) is 0 Å². The molecule has 2 atom stereocenters. The molecule has 0 saturated carbocycles. The highest BCUT2D eigenvalue weighted by Crippen LogP contribution is 2.20. The van der Waals surface area contributed by atoms with Crippen molar-refractivity contribution in [2.75, 3.05) is 0 Å². The van der Waals surface area contributed by atoms with Gasteiger partial charge in [-0.05, 0) is 64.2 Å². The molecule has 282 valence electrons. The van der Waals surface area contributed by atoms with Crippen LogP contribution in [0, 0.1) is 0 Å². The van der Waals surface area contributed by atoms with Crippen LogP contribution in [0.15, 0.2) is 0 Å². The van der Waals surface area contributed by atoms with Gasteiger partial charge < -0.3 is 19.7 Å². The van der Waals surface area contributed by atoms with Crippen LogP contribution in [0.1, 0.15) is 219 Å². The summed E-state index contributed by atoms with van der Waals surface area (Å²) in [5.41, 5.74) is 0. The fourth-order valence-corrected chi connectivity index (χ4v) is 6.23. The lowest BCUT2D eigenvalue weighted by molar-refractivity contribution is -0.156. The topological polar surface area (TPSA) is 127 Å². The van der Waals surface area contributed by atoms with E-state index in [1.807, 2.05) is 0 Å². The van der Waals surface area contributed by atoms with Gasteiger partial charge in [-0.15, -0.1) is 0 Å². The minimum absolute atomic E-state index is 0.0706. The Labute approximate surface area is 293 Å². The predicted octanol–water partition coefficient (Wildman–Crippen LogP) is 11.5. The van der Waals surface area contributed by atoms with Crippen molar-refractivity contribution in [3.05, 3.63) is 0 Å². The molecule has 0 saturated heterocycles. The standard InChI is InChI=1S/C40H74O8/c1-3-5-7-21-27-35(29-23-17-13-9-11-15-19-25-31-37(41)42)47-39(45)33-34-40(46)48-36(28-22-8-6-4-2)30-24-18-14-10-12-16-20-26-32-38(43)44/h35-36H,3-34H2,1-2H3,(H,41,42)(H,43,44)/t35-,36?/m1/s1. The minimum Gasteiger partial charge on any atom is -0.481 e. The number of rotatable bonds is 37. The third kappa shape index (κ3) is 33.8. The molecule has 0 aromatic carbocycles.